The second kappa shape index (κ2) is 7.12. The average molecular weight is 293 g/mol. The van der Waals surface area contributed by atoms with E-state index in [1.165, 1.54) is 19.3 Å². The molecule has 0 saturated carbocycles. The molecule has 2 fully saturated rings. The van der Waals surface area contributed by atoms with Crippen LogP contribution in [0.2, 0.25) is 6.32 Å². The fraction of sp³-hybridized carbons (Fsp3) is 0.933. The molecular formula is C15H28BN3O2. The van der Waals surface area contributed by atoms with Gasteiger partial charge in [-0.3, -0.25) is 9.69 Å². The first kappa shape index (κ1) is 16.8. The van der Waals surface area contributed by atoms with Crippen LogP contribution in [0.3, 0.4) is 0 Å². The third kappa shape index (κ3) is 3.79. The van der Waals surface area contributed by atoms with Crippen LogP contribution in [0.15, 0.2) is 0 Å². The van der Waals surface area contributed by atoms with Crippen LogP contribution in [0.25, 0.3) is 0 Å². The van der Waals surface area contributed by atoms with Gasteiger partial charge in [-0.2, -0.15) is 0 Å². The monoisotopic (exact) mass is 293 g/mol. The number of piperidine rings is 1. The summed E-state index contributed by atoms with van der Waals surface area (Å²) in [7, 11) is 7.73. The van der Waals surface area contributed by atoms with Gasteiger partial charge in [0.15, 0.2) is 0 Å². The van der Waals surface area contributed by atoms with Gasteiger partial charge in [-0.05, 0) is 32.9 Å². The van der Waals surface area contributed by atoms with Crippen molar-refractivity contribution < 1.29 is 9.90 Å². The summed E-state index contributed by atoms with van der Waals surface area (Å²) in [6, 6.07) is 0.532. The van der Waals surface area contributed by atoms with E-state index in [1.807, 2.05) is 0 Å². The summed E-state index contributed by atoms with van der Waals surface area (Å²) in [5.74, 6) is -0.864. The van der Waals surface area contributed by atoms with E-state index in [-0.39, 0.29) is 5.92 Å². The van der Waals surface area contributed by atoms with Crippen LogP contribution in [-0.4, -0.2) is 73.5 Å². The molecule has 118 valence electrons. The number of hydrogen-bond donors (Lipinski definition) is 2. The summed E-state index contributed by atoms with van der Waals surface area (Å²) in [4.78, 5) is 16.3. The van der Waals surface area contributed by atoms with Crippen molar-refractivity contribution in [3.63, 3.8) is 0 Å². The fourth-order valence-corrected chi connectivity index (χ4v) is 3.81. The van der Waals surface area contributed by atoms with Gasteiger partial charge >= 0.3 is 5.97 Å². The number of carboxylic acids is 1. The number of carboxylic acid groups (broad SMARTS) is 1. The summed E-state index contributed by atoms with van der Waals surface area (Å²) in [6.07, 6.45) is 5.97. The standard InChI is InChI=1S/C15H28BN3O2/c1-18-8-3-2-6-13(18)10-19-9-12(5-4-7-16)15(17,11-19)14(20)21/h12-13H,2-11,17H2,1H3,(H,20,21)/t12-,13?,15-/m0/s1. The number of carbonyl (C=O) groups is 1. The third-order valence-corrected chi connectivity index (χ3v) is 5.24. The highest BCUT2D eigenvalue weighted by Crippen LogP contribution is 2.31. The van der Waals surface area contributed by atoms with Crippen LogP contribution in [0.1, 0.15) is 32.1 Å². The van der Waals surface area contributed by atoms with Crippen molar-refractivity contribution in [2.45, 2.75) is 50.0 Å². The van der Waals surface area contributed by atoms with Crippen LogP contribution in [-0.2, 0) is 4.79 Å². The van der Waals surface area contributed by atoms with Gasteiger partial charge in [-0.15, -0.1) is 0 Å². The Balaban J connectivity index is 1.97. The van der Waals surface area contributed by atoms with E-state index in [1.54, 1.807) is 0 Å². The minimum absolute atomic E-state index is 0.00690. The highest BCUT2D eigenvalue weighted by molar-refractivity contribution is 6.08. The lowest BCUT2D eigenvalue weighted by Gasteiger charge is -2.35. The lowest BCUT2D eigenvalue weighted by atomic mass is 9.83. The van der Waals surface area contributed by atoms with Gasteiger partial charge in [0.05, 0.1) is 7.85 Å². The zero-order valence-corrected chi connectivity index (χ0v) is 13.1. The number of nitrogens with zero attached hydrogens (tertiary/aromatic N) is 2. The predicted molar refractivity (Wildman–Crippen MR) is 84.5 cm³/mol. The molecule has 2 aliphatic heterocycles. The van der Waals surface area contributed by atoms with Crippen molar-refractivity contribution in [1.82, 2.24) is 9.80 Å². The van der Waals surface area contributed by atoms with E-state index in [2.05, 4.69) is 16.8 Å². The van der Waals surface area contributed by atoms with Crippen molar-refractivity contribution in [2.24, 2.45) is 11.7 Å². The first-order valence-electron chi connectivity index (χ1n) is 8.12. The summed E-state index contributed by atoms with van der Waals surface area (Å²) < 4.78 is 0. The smallest absolute Gasteiger partial charge is 0.325 e. The number of nitrogens with two attached hydrogens (primary N) is 1. The Morgan fingerprint density at radius 1 is 1.48 bits per heavy atom. The molecule has 3 N–H and O–H groups in total. The molecule has 0 aromatic rings. The molecule has 2 aliphatic rings. The molecule has 0 bridgehead atoms. The zero-order valence-electron chi connectivity index (χ0n) is 13.1. The van der Waals surface area contributed by atoms with E-state index < -0.39 is 11.5 Å². The number of likely N-dealkylation sites (N-methyl/N-ethyl adjacent to an activating group) is 1. The molecule has 6 heteroatoms. The second-order valence-electron chi connectivity index (χ2n) is 6.80. The quantitative estimate of drug-likeness (QED) is 0.700. The second-order valence-corrected chi connectivity index (χ2v) is 6.80. The van der Waals surface area contributed by atoms with Gasteiger partial charge in [-0.1, -0.05) is 19.2 Å². The highest BCUT2D eigenvalue weighted by Gasteiger charge is 2.49. The first-order valence-corrected chi connectivity index (χ1v) is 8.12. The van der Waals surface area contributed by atoms with Crippen LogP contribution in [0.5, 0.6) is 0 Å². The molecule has 0 spiro atoms. The minimum Gasteiger partial charge on any atom is -0.480 e. The molecule has 2 heterocycles. The normalized spacial score (nSPS) is 35.1. The Morgan fingerprint density at radius 3 is 2.86 bits per heavy atom. The summed E-state index contributed by atoms with van der Waals surface area (Å²) >= 11 is 0. The average Bonchev–Trinajstić information content (AvgIpc) is 2.77. The largest absolute Gasteiger partial charge is 0.480 e. The van der Waals surface area contributed by atoms with E-state index in [0.29, 0.717) is 18.9 Å². The molecule has 0 aliphatic carbocycles. The molecule has 3 atom stereocenters. The van der Waals surface area contributed by atoms with E-state index in [0.717, 1.165) is 32.5 Å². The number of aliphatic carboxylic acids is 1. The van der Waals surface area contributed by atoms with Gasteiger partial charge in [0.1, 0.15) is 5.54 Å². The first-order chi connectivity index (χ1) is 9.97. The Bertz CT molecular complexity index is 369. The van der Waals surface area contributed by atoms with Gasteiger partial charge in [0.25, 0.3) is 0 Å². The molecule has 2 saturated heterocycles. The Hall–Kier alpha value is -0.585. The lowest BCUT2D eigenvalue weighted by Crippen LogP contribution is -2.55. The maximum absolute atomic E-state index is 11.6. The van der Waals surface area contributed by atoms with E-state index >= 15 is 0 Å². The molecule has 0 aromatic carbocycles. The van der Waals surface area contributed by atoms with Crippen molar-refractivity contribution in [1.29, 1.82) is 0 Å². The van der Waals surface area contributed by atoms with Crippen molar-refractivity contribution in [3.8, 4) is 0 Å². The van der Waals surface area contributed by atoms with Crippen LogP contribution >= 0.6 is 0 Å². The Kier molecular flexibility index (Phi) is 5.69. The zero-order chi connectivity index (χ0) is 15.5. The molecule has 1 unspecified atom stereocenters. The lowest BCUT2D eigenvalue weighted by molar-refractivity contribution is -0.144. The van der Waals surface area contributed by atoms with Crippen molar-refractivity contribution >= 4 is 13.8 Å². The highest BCUT2D eigenvalue weighted by atomic mass is 16.4. The van der Waals surface area contributed by atoms with Crippen molar-refractivity contribution in [3.05, 3.63) is 0 Å². The molecule has 5 nitrogen and oxygen atoms in total. The Morgan fingerprint density at radius 2 is 2.24 bits per heavy atom. The molecule has 2 rings (SSSR count). The number of likely N-dealkylation sites (tertiary alicyclic amines) is 2. The summed E-state index contributed by atoms with van der Waals surface area (Å²) in [5, 5.41) is 9.52. The number of rotatable bonds is 6. The summed E-state index contributed by atoms with van der Waals surface area (Å²) in [6.45, 7) is 3.32. The molecular weight excluding hydrogens is 265 g/mol. The predicted octanol–water partition coefficient (Wildman–Crippen LogP) is 0.552. The summed E-state index contributed by atoms with van der Waals surface area (Å²) in [5.41, 5.74) is 5.11. The maximum atomic E-state index is 11.6. The Labute approximate surface area is 129 Å². The topological polar surface area (TPSA) is 69.8 Å². The van der Waals surface area contributed by atoms with Crippen LogP contribution in [0, 0.1) is 5.92 Å². The van der Waals surface area contributed by atoms with Gasteiger partial charge in [-0.25, -0.2) is 0 Å². The van der Waals surface area contributed by atoms with Gasteiger partial charge < -0.3 is 15.7 Å². The van der Waals surface area contributed by atoms with Crippen molar-refractivity contribution in [2.75, 3.05) is 33.2 Å². The van der Waals surface area contributed by atoms with Gasteiger partial charge in [0.2, 0.25) is 0 Å². The van der Waals surface area contributed by atoms with E-state index in [9.17, 15) is 9.90 Å². The van der Waals surface area contributed by atoms with E-state index in [4.69, 9.17) is 13.6 Å². The third-order valence-electron chi connectivity index (χ3n) is 5.24. The van der Waals surface area contributed by atoms with Gasteiger partial charge in [0, 0.05) is 31.6 Å². The fourth-order valence-electron chi connectivity index (χ4n) is 3.81. The molecule has 0 aromatic heterocycles. The van der Waals surface area contributed by atoms with Crippen LogP contribution < -0.4 is 5.73 Å². The maximum Gasteiger partial charge on any atom is 0.325 e. The SMILES string of the molecule is [B]CCC[C@H]1CN(CC2CCCCN2C)C[C@@]1(N)C(=O)O. The molecule has 0 amide bonds. The number of hydrogen-bond acceptors (Lipinski definition) is 4. The molecule has 21 heavy (non-hydrogen) atoms. The molecule has 2 radical (unpaired) electrons. The minimum atomic E-state index is -1.11. The van der Waals surface area contributed by atoms with Crippen LogP contribution in [0.4, 0.5) is 0 Å².